The van der Waals surface area contributed by atoms with E-state index in [0.29, 0.717) is 6.04 Å². The largest absolute Gasteiger partial charge is 0.453 e. The summed E-state index contributed by atoms with van der Waals surface area (Å²) in [4.78, 5) is 0. The molecule has 0 spiro atoms. The van der Waals surface area contributed by atoms with Gasteiger partial charge in [0.25, 0.3) is 0 Å². The van der Waals surface area contributed by atoms with Gasteiger partial charge in [0.05, 0.1) is 6.54 Å². The first-order chi connectivity index (χ1) is 7.22. The minimum Gasteiger partial charge on any atom is -0.453 e. The fraction of sp³-hybridized carbons (Fsp3) is 0.636. The number of hydrogen-bond donors (Lipinski definition) is 1. The van der Waals surface area contributed by atoms with Crippen LogP contribution in [-0.2, 0) is 6.54 Å². The molecule has 1 aromatic heterocycles. The van der Waals surface area contributed by atoms with Crippen LogP contribution in [0.5, 0.6) is 0 Å². The van der Waals surface area contributed by atoms with Gasteiger partial charge in [0.1, 0.15) is 5.76 Å². The lowest BCUT2D eigenvalue weighted by Gasteiger charge is -2.11. The Bertz CT molecular complexity index is 277. The van der Waals surface area contributed by atoms with E-state index in [2.05, 4.69) is 35.1 Å². The van der Waals surface area contributed by atoms with Crippen LogP contribution in [-0.4, -0.2) is 17.5 Å². The Balaban J connectivity index is 2.13. The van der Waals surface area contributed by atoms with Crippen molar-refractivity contribution < 1.29 is 4.42 Å². The molecule has 1 rings (SSSR count). The Labute approximate surface area is 104 Å². The van der Waals surface area contributed by atoms with Gasteiger partial charge in [-0.1, -0.05) is 6.92 Å². The van der Waals surface area contributed by atoms with Crippen LogP contribution in [0, 0.1) is 0 Å². The molecule has 1 N–H and O–H groups in total. The van der Waals surface area contributed by atoms with E-state index >= 15 is 0 Å². The second-order valence-corrected chi connectivity index (χ2v) is 5.65. The zero-order chi connectivity index (χ0) is 11.1. The molecule has 0 fully saturated rings. The summed E-state index contributed by atoms with van der Waals surface area (Å²) in [6, 6.07) is 4.46. The average Bonchev–Trinajstić information content (AvgIpc) is 2.62. The number of rotatable bonds is 7. The summed E-state index contributed by atoms with van der Waals surface area (Å²) in [5.41, 5.74) is 0. The van der Waals surface area contributed by atoms with Crippen LogP contribution in [0.15, 0.2) is 21.2 Å². The zero-order valence-corrected chi connectivity index (χ0v) is 11.7. The molecule has 1 unspecified atom stereocenters. The SMILES string of the molecule is CCSCCC(C)NCc1ccc(Br)o1. The molecule has 0 bridgehead atoms. The lowest BCUT2D eigenvalue weighted by molar-refractivity contribution is 0.439. The maximum atomic E-state index is 5.41. The number of halogens is 1. The molecule has 0 aliphatic carbocycles. The molecule has 1 aromatic rings. The predicted octanol–water partition coefficient (Wildman–Crippen LogP) is 3.66. The Morgan fingerprint density at radius 3 is 2.93 bits per heavy atom. The van der Waals surface area contributed by atoms with Gasteiger partial charge in [-0.15, -0.1) is 0 Å². The maximum absolute atomic E-state index is 5.41. The van der Waals surface area contributed by atoms with Crippen LogP contribution in [0.3, 0.4) is 0 Å². The van der Waals surface area contributed by atoms with Crippen molar-refractivity contribution in [1.29, 1.82) is 0 Å². The van der Waals surface area contributed by atoms with E-state index in [1.165, 1.54) is 17.9 Å². The summed E-state index contributed by atoms with van der Waals surface area (Å²) < 4.78 is 6.21. The molecule has 0 radical (unpaired) electrons. The molecule has 0 amide bonds. The van der Waals surface area contributed by atoms with Crippen molar-refractivity contribution in [3.8, 4) is 0 Å². The van der Waals surface area contributed by atoms with Crippen LogP contribution < -0.4 is 5.32 Å². The summed E-state index contributed by atoms with van der Waals surface area (Å²) in [7, 11) is 0. The molecule has 0 aromatic carbocycles. The van der Waals surface area contributed by atoms with E-state index in [1.54, 1.807) is 0 Å². The second kappa shape index (κ2) is 7.36. The summed E-state index contributed by atoms with van der Waals surface area (Å²) >= 11 is 5.28. The highest BCUT2D eigenvalue weighted by atomic mass is 79.9. The van der Waals surface area contributed by atoms with Crippen molar-refractivity contribution in [1.82, 2.24) is 5.32 Å². The Morgan fingerprint density at radius 2 is 2.33 bits per heavy atom. The van der Waals surface area contributed by atoms with Crippen molar-refractivity contribution in [3.63, 3.8) is 0 Å². The van der Waals surface area contributed by atoms with E-state index in [9.17, 15) is 0 Å². The molecule has 0 aliphatic heterocycles. The van der Waals surface area contributed by atoms with Gasteiger partial charge < -0.3 is 9.73 Å². The molecule has 15 heavy (non-hydrogen) atoms. The summed E-state index contributed by atoms with van der Waals surface area (Å²) in [5, 5.41) is 3.44. The van der Waals surface area contributed by atoms with Gasteiger partial charge in [-0.2, -0.15) is 11.8 Å². The van der Waals surface area contributed by atoms with E-state index in [-0.39, 0.29) is 0 Å². The maximum Gasteiger partial charge on any atom is 0.169 e. The summed E-state index contributed by atoms with van der Waals surface area (Å²) in [5.74, 6) is 3.42. The fourth-order valence-corrected chi connectivity index (χ4v) is 2.38. The third kappa shape index (κ3) is 5.64. The van der Waals surface area contributed by atoms with Crippen molar-refractivity contribution >= 4 is 27.7 Å². The van der Waals surface area contributed by atoms with Crippen LogP contribution in [0.2, 0.25) is 0 Å². The topological polar surface area (TPSA) is 25.2 Å². The van der Waals surface area contributed by atoms with E-state index < -0.39 is 0 Å². The fourth-order valence-electron chi connectivity index (χ4n) is 1.23. The van der Waals surface area contributed by atoms with Gasteiger partial charge in [0.15, 0.2) is 4.67 Å². The van der Waals surface area contributed by atoms with E-state index in [1.807, 2.05) is 23.9 Å². The molecule has 1 heterocycles. The normalized spacial score (nSPS) is 13.0. The van der Waals surface area contributed by atoms with Crippen molar-refractivity contribution in [3.05, 3.63) is 22.6 Å². The third-order valence-electron chi connectivity index (χ3n) is 2.15. The molecule has 0 saturated heterocycles. The monoisotopic (exact) mass is 291 g/mol. The zero-order valence-electron chi connectivity index (χ0n) is 9.25. The number of nitrogens with one attached hydrogen (secondary N) is 1. The molecular weight excluding hydrogens is 274 g/mol. The summed E-state index contributed by atoms with van der Waals surface area (Å²) in [6.07, 6.45) is 1.21. The molecule has 1 atom stereocenters. The Hall–Kier alpha value is 0.0700. The van der Waals surface area contributed by atoms with Gasteiger partial charge in [-0.3, -0.25) is 0 Å². The minimum atomic E-state index is 0.549. The minimum absolute atomic E-state index is 0.549. The molecule has 0 aliphatic rings. The first-order valence-electron chi connectivity index (χ1n) is 5.27. The molecular formula is C11H18BrNOS. The number of thioether (sulfide) groups is 1. The molecule has 86 valence electrons. The molecule has 2 nitrogen and oxygen atoms in total. The first kappa shape index (κ1) is 13.1. The average molecular weight is 292 g/mol. The lowest BCUT2D eigenvalue weighted by Crippen LogP contribution is -2.25. The number of furan rings is 1. The van der Waals surface area contributed by atoms with E-state index in [0.717, 1.165) is 17.0 Å². The second-order valence-electron chi connectivity index (χ2n) is 3.47. The predicted molar refractivity (Wildman–Crippen MR) is 70.3 cm³/mol. The van der Waals surface area contributed by atoms with Gasteiger partial charge in [0, 0.05) is 6.04 Å². The molecule has 4 heteroatoms. The van der Waals surface area contributed by atoms with Crippen LogP contribution in [0.4, 0.5) is 0 Å². The van der Waals surface area contributed by atoms with Crippen LogP contribution in [0.1, 0.15) is 26.0 Å². The van der Waals surface area contributed by atoms with Crippen LogP contribution in [0.25, 0.3) is 0 Å². The first-order valence-corrected chi connectivity index (χ1v) is 7.22. The standard InChI is InChI=1S/C11H18BrNOS/c1-3-15-7-6-9(2)13-8-10-4-5-11(12)14-10/h4-5,9,13H,3,6-8H2,1-2H3. The third-order valence-corrected chi connectivity index (χ3v) is 3.51. The number of hydrogen-bond acceptors (Lipinski definition) is 3. The lowest BCUT2D eigenvalue weighted by atomic mass is 10.2. The summed E-state index contributed by atoms with van der Waals surface area (Å²) in [6.45, 7) is 5.22. The van der Waals surface area contributed by atoms with Crippen LogP contribution >= 0.6 is 27.7 Å². The van der Waals surface area contributed by atoms with Gasteiger partial charge >= 0.3 is 0 Å². The van der Waals surface area contributed by atoms with Crippen molar-refractivity contribution in [2.45, 2.75) is 32.9 Å². The quantitative estimate of drug-likeness (QED) is 0.776. The Morgan fingerprint density at radius 1 is 1.53 bits per heavy atom. The highest BCUT2D eigenvalue weighted by Crippen LogP contribution is 2.14. The van der Waals surface area contributed by atoms with E-state index in [4.69, 9.17) is 4.42 Å². The highest BCUT2D eigenvalue weighted by Gasteiger charge is 2.03. The van der Waals surface area contributed by atoms with Gasteiger partial charge in [0.2, 0.25) is 0 Å². The van der Waals surface area contributed by atoms with Crippen molar-refractivity contribution in [2.24, 2.45) is 0 Å². The highest BCUT2D eigenvalue weighted by molar-refractivity contribution is 9.10. The van der Waals surface area contributed by atoms with Gasteiger partial charge in [-0.05, 0) is 52.9 Å². The van der Waals surface area contributed by atoms with Crippen molar-refractivity contribution in [2.75, 3.05) is 11.5 Å². The Kier molecular flexibility index (Phi) is 6.45. The van der Waals surface area contributed by atoms with Gasteiger partial charge in [-0.25, -0.2) is 0 Å². The smallest absolute Gasteiger partial charge is 0.169 e. The molecule has 0 saturated carbocycles.